The van der Waals surface area contributed by atoms with E-state index >= 15 is 0 Å². The number of carbonyl (C=O) groups excluding carboxylic acids is 1. The van der Waals surface area contributed by atoms with Crippen LogP contribution in [-0.2, 0) is 0 Å². The average molecular weight is 429 g/mol. The number of nitrogens with zero attached hydrogens (tertiary/aromatic N) is 4. The van der Waals surface area contributed by atoms with Crippen LogP contribution in [0.1, 0.15) is 26.8 Å². The van der Waals surface area contributed by atoms with E-state index in [2.05, 4.69) is 14.9 Å². The van der Waals surface area contributed by atoms with E-state index in [9.17, 15) is 9.18 Å². The van der Waals surface area contributed by atoms with E-state index in [-0.39, 0.29) is 24.1 Å². The Morgan fingerprint density at radius 1 is 1.15 bits per heavy atom. The van der Waals surface area contributed by atoms with Gasteiger partial charge in [-0.15, -0.1) is 23.7 Å². The van der Waals surface area contributed by atoms with Crippen LogP contribution in [-0.4, -0.2) is 48.0 Å². The first-order valence-electron chi connectivity index (χ1n) is 8.32. The summed E-state index contributed by atoms with van der Waals surface area (Å²) >= 11 is 2.72. The van der Waals surface area contributed by atoms with Gasteiger partial charge >= 0.3 is 0 Å². The second-order valence-corrected chi connectivity index (χ2v) is 8.56. The van der Waals surface area contributed by atoms with Gasteiger partial charge in [0.2, 0.25) is 0 Å². The largest absolute Gasteiger partial charge is 0.309 e. The van der Waals surface area contributed by atoms with Gasteiger partial charge < -0.3 is 4.90 Å². The number of rotatable bonds is 6. The molecule has 2 heterocycles. The van der Waals surface area contributed by atoms with Gasteiger partial charge in [0, 0.05) is 6.54 Å². The summed E-state index contributed by atoms with van der Waals surface area (Å²) in [7, 11) is 3.99. The molecule has 0 saturated heterocycles. The molecule has 3 rings (SSSR count). The lowest BCUT2D eigenvalue weighted by Crippen LogP contribution is -2.33. The van der Waals surface area contributed by atoms with E-state index in [1.807, 2.05) is 34.0 Å². The van der Waals surface area contributed by atoms with Crippen molar-refractivity contribution in [2.24, 2.45) is 0 Å². The molecule has 0 aliphatic rings. The third kappa shape index (κ3) is 4.82. The Bertz CT molecular complexity index is 941. The van der Waals surface area contributed by atoms with Gasteiger partial charge in [-0.25, -0.2) is 14.4 Å². The molecular weight excluding hydrogens is 407 g/mol. The number of carbonyl (C=O) groups is 1. The maximum Gasteiger partial charge on any atom is 0.272 e. The van der Waals surface area contributed by atoms with Gasteiger partial charge in [-0.3, -0.25) is 9.69 Å². The monoisotopic (exact) mass is 428 g/mol. The number of aryl methyl sites for hydroxylation is 2. The van der Waals surface area contributed by atoms with Crippen molar-refractivity contribution in [1.29, 1.82) is 0 Å². The zero-order valence-corrected chi connectivity index (χ0v) is 18.1. The van der Waals surface area contributed by atoms with Crippen molar-refractivity contribution in [1.82, 2.24) is 14.9 Å². The van der Waals surface area contributed by atoms with E-state index in [0.717, 1.165) is 28.4 Å². The molecule has 1 amide bonds. The molecular formula is C18H22ClFN4OS2. The number of amides is 1. The minimum Gasteiger partial charge on any atom is -0.309 e. The summed E-state index contributed by atoms with van der Waals surface area (Å²) in [6, 6.07) is 4.87. The van der Waals surface area contributed by atoms with Gasteiger partial charge in [0.05, 0.1) is 15.4 Å². The van der Waals surface area contributed by atoms with Crippen molar-refractivity contribution in [3.63, 3.8) is 0 Å². The highest BCUT2D eigenvalue weighted by molar-refractivity contribution is 7.22. The Balaban J connectivity index is 0.00000261. The molecule has 0 N–H and O–H groups in total. The SMILES string of the molecule is Cc1nc(C)c(C(=O)N(CCCN(C)C)c2nc3c(F)cccc3s2)s1.Cl. The highest BCUT2D eigenvalue weighted by Crippen LogP contribution is 2.32. The number of para-hydroxylation sites is 1. The van der Waals surface area contributed by atoms with Crippen LogP contribution in [0, 0.1) is 19.7 Å². The summed E-state index contributed by atoms with van der Waals surface area (Å²) in [5, 5.41) is 1.38. The third-order valence-electron chi connectivity index (χ3n) is 3.92. The topological polar surface area (TPSA) is 49.3 Å². The smallest absolute Gasteiger partial charge is 0.272 e. The Morgan fingerprint density at radius 3 is 2.48 bits per heavy atom. The first kappa shape index (κ1) is 21.7. The van der Waals surface area contributed by atoms with Crippen molar-refractivity contribution in [3.05, 3.63) is 39.6 Å². The van der Waals surface area contributed by atoms with E-state index in [0.29, 0.717) is 22.1 Å². The molecule has 0 fully saturated rings. The fourth-order valence-electron chi connectivity index (χ4n) is 2.70. The molecule has 0 saturated carbocycles. The Morgan fingerprint density at radius 2 is 1.89 bits per heavy atom. The highest BCUT2D eigenvalue weighted by atomic mass is 35.5. The summed E-state index contributed by atoms with van der Waals surface area (Å²) in [6.07, 6.45) is 0.800. The van der Waals surface area contributed by atoms with Crippen LogP contribution < -0.4 is 4.90 Å². The number of hydrogen-bond donors (Lipinski definition) is 0. The molecule has 0 aliphatic carbocycles. The summed E-state index contributed by atoms with van der Waals surface area (Å²) in [5.41, 5.74) is 1.04. The van der Waals surface area contributed by atoms with Crippen LogP contribution in [0.3, 0.4) is 0 Å². The minimum atomic E-state index is -0.365. The highest BCUT2D eigenvalue weighted by Gasteiger charge is 2.25. The van der Waals surface area contributed by atoms with Crippen LogP contribution in [0.5, 0.6) is 0 Å². The number of hydrogen-bond acceptors (Lipinski definition) is 6. The summed E-state index contributed by atoms with van der Waals surface area (Å²) < 4.78 is 14.8. The van der Waals surface area contributed by atoms with Crippen LogP contribution in [0.25, 0.3) is 10.2 Å². The van der Waals surface area contributed by atoms with E-state index in [4.69, 9.17) is 0 Å². The first-order valence-corrected chi connectivity index (χ1v) is 9.96. The Labute approximate surface area is 172 Å². The van der Waals surface area contributed by atoms with Gasteiger partial charge in [-0.05, 0) is 53.0 Å². The van der Waals surface area contributed by atoms with Gasteiger partial charge in [0.1, 0.15) is 16.2 Å². The fraction of sp³-hybridized carbons (Fsp3) is 0.389. The van der Waals surface area contributed by atoms with Crippen molar-refractivity contribution in [2.45, 2.75) is 20.3 Å². The van der Waals surface area contributed by atoms with Gasteiger partial charge in [-0.1, -0.05) is 17.4 Å². The molecule has 0 unspecified atom stereocenters. The lowest BCUT2D eigenvalue weighted by Gasteiger charge is -2.20. The molecule has 0 aliphatic heterocycles. The maximum absolute atomic E-state index is 14.0. The normalized spacial score (nSPS) is 11.0. The average Bonchev–Trinajstić information content (AvgIpc) is 3.14. The molecule has 1 aromatic carbocycles. The summed E-state index contributed by atoms with van der Waals surface area (Å²) in [4.78, 5) is 26.3. The van der Waals surface area contributed by atoms with Crippen LogP contribution in [0.4, 0.5) is 9.52 Å². The zero-order valence-electron chi connectivity index (χ0n) is 15.7. The molecule has 146 valence electrons. The van der Waals surface area contributed by atoms with E-state index in [1.165, 1.54) is 28.7 Å². The standard InChI is InChI=1S/C18H21FN4OS2.ClH/c1-11-16(25-12(2)20-11)17(24)23(10-6-9-22(3)4)18-21-15-13(19)7-5-8-14(15)26-18;/h5,7-8H,6,9-10H2,1-4H3;1H. The van der Waals surface area contributed by atoms with Crippen LogP contribution in [0.15, 0.2) is 18.2 Å². The predicted octanol–water partition coefficient (Wildman–Crippen LogP) is 4.53. The number of aromatic nitrogens is 2. The van der Waals surface area contributed by atoms with Crippen molar-refractivity contribution < 1.29 is 9.18 Å². The lowest BCUT2D eigenvalue weighted by molar-refractivity contribution is 0.0989. The predicted molar refractivity (Wildman–Crippen MR) is 113 cm³/mol. The summed E-state index contributed by atoms with van der Waals surface area (Å²) in [5.74, 6) is -0.484. The Hall–Kier alpha value is -1.61. The number of anilines is 1. The zero-order chi connectivity index (χ0) is 18.8. The Kier molecular flexibility index (Phi) is 7.27. The quantitative estimate of drug-likeness (QED) is 0.578. The van der Waals surface area contributed by atoms with Gasteiger partial charge in [-0.2, -0.15) is 0 Å². The summed E-state index contributed by atoms with van der Waals surface area (Å²) in [6.45, 7) is 5.10. The number of benzene rings is 1. The first-order chi connectivity index (χ1) is 12.4. The number of thiazole rings is 2. The number of fused-ring (bicyclic) bond motifs is 1. The van der Waals surface area contributed by atoms with E-state index in [1.54, 1.807) is 11.0 Å². The molecule has 0 radical (unpaired) electrons. The van der Waals surface area contributed by atoms with Crippen LogP contribution >= 0.6 is 35.1 Å². The molecule has 3 aromatic rings. The molecule has 0 bridgehead atoms. The number of halogens is 2. The second-order valence-electron chi connectivity index (χ2n) is 6.34. The fourth-order valence-corrected chi connectivity index (χ4v) is 4.57. The maximum atomic E-state index is 14.0. The molecule has 2 aromatic heterocycles. The molecule has 27 heavy (non-hydrogen) atoms. The minimum absolute atomic E-state index is 0. The molecule has 0 atom stereocenters. The molecule has 5 nitrogen and oxygen atoms in total. The van der Waals surface area contributed by atoms with Gasteiger partial charge in [0.25, 0.3) is 5.91 Å². The lowest BCUT2D eigenvalue weighted by atomic mass is 10.3. The third-order valence-corrected chi connectivity index (χ3v) is 6.02. The van der Waals surface area contributed by atoms with Crippen molar-refractivity contribution in [2.75, 3.05) is 32.1 Å². The van der Waals surface area contributed by atoms with Crippen LogP contribution in [0.2, 0.25) is 0 Å². The second kappa shape index (κ2) is 9.05. The van der Waals surface area contributed by atoms with E-state index < -0.39 is 0 Å². The molecule has 9 heteroatoms. The molecule has 0 spiro atoms. The van der Waals surface area contributed by atoms with Crippen molar-refractivity contribution in [3.8, 4) is 0 Å². The van der Waals surface area contributed by atoms with Gasteiger partial charge in [0.15, 0.2) is 5.13 Å². The van der Waals surface area contributed by atoms with Crippen molar-refractivity contribution >= 4 is 56.3 Å².